The molecule has 0 saturated heterocycles. The number of thioether (sulfide) groups is 1. The third-order valence-corrected chi connectivity index (χ3v) is 3.65. The molecule has 3 rings (SSSR count). The Morgan fingerprint density at radius 1 is 1.29 bits per heavy atom. The summed E-state index contributed by atoms with van der Waals surface area (Å²) >= 11 is 1.47. The van der Waals surface area contributed by atoms with Crippen LogP contribution in [0, 0.1) is 0 Å². The van der Waals surface area contributed by atoms with Crippen LogP contribution >= 0.6 is 11.8 Å². The van der Waals surface area contributed by atoms with E-state index in [1.54, 1.807) is 0 Å². The topological polar surface area (TPSA) is 66.6 Å². The second-order valence-corrected chi connectivity index (χ2v) is 5.36. The lowest BCUT2D eigenvalue weighted by Crippen LogP contribution is -2.21. The maximum Gasteiger partial charge on any atom is 0.276 e. The second-order valence-electron chi connectivity index (χ2n) is 4.32. The Labute approximate surface area is 126 Å². The largest absolute Gasteiger partial charge is 0.485 e. The van der Waals surface area contributed by atoms with E-state index >= 15 is 0 Å². The van der Waals surface area contributed by atoms with Gasteiger partial charge in [-0.1, -0.05) is 23.9 Å². The van der Waals surface area contributed by atoms with Crippen LogP contribution in [0.4, 0.5) is 0 Å². The molecule has 2 aromatic rings. The van der Waals surface area contributed by atoms with Gasteiger partial charge in [0.15, 0.2) is 11.5 Å². The number of rotatable bonds is 6. The molecule has 0 radical (unpaired) electrons. The fourth-order valence-electron chi connectivity index (χ4n) is 1.88. The van der Waals surface area contributed by atoms with Gasteiger partial charge in [-0.05, 0) is 19.1 Å². The van der Waals surface area contributed by atoms with Crippen LogP contribution in [0.1, 0.15) is 18.9 Å². The fourth-order valence-corrected chi connectivity index (χ4v) is 2.50. The molecule has 1 aliphatic rings. The number of aromatic nitrogens is 2. The third-order valence-electron chi connectivity index (χ3n) is 2.86. The molecule has 1 aromatic heterocycles. The molecule has 2 heterocycles. The molecule has 0 bridgehead atoms. The van der Waals surface area contributed by atoms with E-state index in [1.165, 1.54) is 11.8 Å². The molecular formula is C14H16N2O4S. The highest BCUT2D eigenvalue weighted by Gasteiger charge is 2.27. The molecule has 0 amide bonds. The van der Waals surface area contributed by atoms with E-state index in [-0.39, 0.29) is 6.10 Å². The number of hydrogen-bond acceptors (Lipinski definition) is 7. The molecule has 0 spiro atoms. The lowest BCUT2D eigenvalue weighted by atomic mass is 10.2. The summed E-state index contributed by atoms with van der Waals surface area (Å²) in [6, 6.07) is 7.53. The van der Waals surface area contributed by atoms with Gasteiger partial charge in [-0.25, -0.2) is 0 Å². The lowest BCUT2D eigenvalue weighted by molar-refractivity contribution is 0.0686. The molecule has 21 heavy (non-hydrogen) atoms. The Morgan fingerprint density at radius 3 is 3.00 bits per heavy atom. The number of nitrogens with zero attached hydrogens (tertiary/aromatic N) is 2. The summed E-state index contributed by atoms with van der Waals surface area (Å²) in [5.41, 5.74) is 0. The third kappa shape index (κ3) is 3.48. The number of hydrogen-bond donors (Lipinski definition) is 0. The maximum atomic E-state index is 5.82. The first-order valence-corrected chi connectivity index (χ1v) is 7.78. The highest BCUT2D eigenvalue weighted by Crippen LogP contribution is 2.35. The summed E-state index contributed by atoms with van der Waals surface area (Å²) in [7, 11) is 0. The first-order chi connectivity index (χ1) is 10.4. The molecule has 0 fully saturated rings. The Morgan fingerprint density at radius 2 is 2.14 bits per heavy atom. The Kier molecular flexibility index (Phi) is 4.62. The maximum absolute atomic E-state index is 5.82. The van der Waals surface area contributed by atoms with Crippen molar-refractivity contribution in [3.63, 3.8) is 0 Å². The summed E-state index contributed by atoms with van der Waals surface area (Å²) in [6.07, 6.45) is -0.367. The summed E-state index contributed by atoms with van der Waals surface area (Å²) in [5.74, 6) is 2.64. The van der Waals surface area contributed by atoms with Crippen molar-refractivity contribution in [2.45, 2.75) is 18.3 Å². The monoisotopic (exact) mass is 308 g/mol. The minimum atomic E-state index is -0.367. The summed E-state index contributed by atoms with van der Waals surface area (Å²) in [4.78, 5) is 0. The van der Waals surface area contributed by atoms with Gasteiger partial charge in [0.1, 0.15) is 6.61 Å². The van der Waals surface area contributed by atoms with Gasteiger partial charge < -0.3 is 18.6 Å². The van der Waals surface area contributed by atoms with Crippen LogP contribution in [0.15, 0.2) is 33.9 Å². The van der Waals surface area contributed by atoms with Gasteiger partial charge in [-0.15, -0.1) is 10.2 Å². The Bertz CT molecular complexity index is 590. The van der Waals surface area contributed by atoms with Crippen molar-refractivity contribution in [1.29, 1.82) is 0 Å². The van der Waals surface area contributed by atoms with Crippen LogP contribution < -0.4 is 9.47 Å². The van der Waals surface area contributed by atoms with Crippen LogP contribution in [0.25, 0.3) is 0 Å². The normalized spacial score (nSPS) is 16.9. The van der Waals surface area contributed by atoms with E-state index in [0.717, 1.165) is 11.5 Å². The van der Waals surface area contributed by atoms with Crippen LogP contribution in [0.3, 0.4) is 0 Å². The van der Waals surface area contributed by atoms with Gasteiger partial charge in [-0.3, -0.25) is 0 Å². The number of ether oxygens (including phenoxy) is 3. The summed E-state index contributed by atoms with van der Waals surface area (Å²) < 4.78 is 22.3. The average molecular weight is 308 g/mol. The molecule has 0 saturated carbocycles. The van der Waals surface area contributed by atoms with E-state index in [1.807, 2.05) is 31.2 Å². The zero-order valence-corrected chi connectivity index (χ0v) is 12.5. The van der Waals surface area contributed by atoms with Gasteiger partial charge in [0.2, 0.25) is 6.10 Å². The predicted molar refractivity (Wildman–Crippen MR) is 76.8 cm³/mol. The molecule has 1 atom stereocenters. The quantitative estimate of drug-likeness (QED) is 0.600. The molecule has 7 heteroatoms. The Balaban J connectivity index is 1.59. The fraction of sp³-hybridized carbons (Fsp3) is 0.429. The highest BCUT2D eigenvalue weighted by molar-refractivity contribution is 7.99. The zero-order chi connectivity index (χ0) is 14.5. The van der Waals surface area contributed by atoms with Crippen LogP contribution in [-0.2, 0) is 4.74 Å². The minimum Gasteiger partial charge on any atom is -0.485 e. The van der Waals surface area contributed by atoms with Crippen LogP contribution in [0.5, 0.6) is 11.5 Å². The molecular weight excluding hydrogens is 292 g/mol. The molecule has 112 valence electrons. The average Bonchev–Trinajstić information content (AvgIpc) is 3.00. The van der Waals surface area contributed by atoms with Crippen LogP contribution in [-0.4, -0.2) is 35.8 Å². The molecule has 0 N–H and O–H groups in total. The van der Waals surface area contributed by atoms with Gasteiger partial charge in [0.05, 0.1) is 6.61 Å². The summed E-state index contributed by atoms with van der Waals surface area (Å²) in [5, 5.41) is 8.55. The first kappa shape index (κ1) is 14.2. The van der Waals surface area contributed by atoms with Crippen molar-refractivity contribution in [2.75, 3.05) is 25.6 Å². The van der Waals surface area contributed by atoms with E-state index in [9.17, 15) is 0 Å². The van der Waals surface area contributed by atoms with Gasteiger partial charge >= 0.3 is 0 Å². The van der Waals surface area contributed by atoms with Crippen molar-refractivity contribution in [1.82, 2.24) is 10.2 Å². The van der Waals surface area contributed by atoms with E-state index in [4.69, 9.17) is 18.6 Å². The van der Waals surface area contributed by atoms with E-state index in [2.05, 4.69) is 10.2 Å². The van der Waals surface area contributed by atoms with Gasteiger partial charge in [0, 0.05) is 12.4 Å². The van der Waals surface area contributed by atoms with Crippen LogP contribution in [0.2, 0.25) is 0 Å². The van der Waals surface area contributed by atoms with E-state index in [0.29, 0.717) is 36.7 Å². The number of fused-ring (bicyclic) bond motifs is 1. The van der Waals surface area contributed by atoms with Crippen molar-refractivity contribution in [2.24, 2.45) is 0 Å². The lowest BCUT2D eigenvalue weighted by Gasteiger charge is -2.23. The predicted octanol–water partition coefficient (Wildman–Crippen LogP) is 2.71. The molecule has 1 aliphatic heterocycles. The first-order valence-electron chi connectivity index (χ1n) is 6.79. The molecule has 0 aliphatic carbocycles. The highest BCUT2D eigenvalue weighted by atomic mass is 32.2. The zero-order valence-electron chi connectivity index (χ0n) is 11.7. The standard InChI is InChI=1S/C14H16N2O4S/c1-2-17-7-8-21-14-16-15-13(20-14)12-9-18-10-5-3-4-6-11(10)19-12/h3-6,12H,2,7-9H2,1H3. The van der Waals surface area contributed by atoms with Crippen molar-refractivity contribution >= 4 is 11.8 Å². The van der Waals surface area contributed by atoms with Crippen molar-refractivity contribution < 1.29 is 18.6 Å². The van der Waals surface area contributed by atoms with Gasteiger partial charge in [0.25, 0.3) is 11.1 Å². The number of benzene rings is 1. The smallest absolute Gasteiger partial charge is 0.276 e. The van der Waals surface area contributed by atoms with Gasteiger partial charge in [-0.2, -0.15) is 0 Å². The molecule has 1 aromatic carbocycles. The molecule has 6 nitrogen and oxygen atoms in total. The second kappa shape index (κ2) is 6.82. The minimum absolute atomic E-state index is 0.363. The van der Waals surface area contributed by atoms with Crippen molar-refractivity contribution in [3.8, 4) is 11.5 Å². The van der Waals surface area contributed by atoms with Crippen molar-refractivity contribution in [3.05, 3.63) is 30.2 Å². The molecule has 1 unspecified atom stereocenters. The number of para-hydroxylation sites is 2. The van der Waals surface area contributed by atoms with E-state index < -0.39 is 0 Å². The Hall–Kier alpha value is -1.73. The SMILES string of the molecule is CCOCCSc1nnc(C2COc3ccccc3O2)o1. The summed E-state index contributed by atoms with van der Waals surface area (Å²) in [6.45, 7) is 3.70.